The van der Waals surface area contributed by atoms with E-state index < -0.39 is 53.2 Å². The second-order valence-corrected chi connectivity index (χ2v) is 8.14. The number of nitrogens with zero attached hydrogens (tertiary/aromatic N) is 2. The Labute approximate surface area is 163 Å². The summed E-state index contributed by atoms with van der Waals surface area (Å²) in [6.45, 7) is 0. The van der Waals surface area contributed by atoms with Crippen molar-refractivity contribution in [3.63, 3.8) is 0 Å². The van der Waals surface area contributed by atoms with E-state index in [9.17, 15) is 34.8 Å². The summed E-state index contributed by atoms with van der Waals surface area (Å²) in [5.74, 6) is 0. The van der Waals surface area contributed by atoms with Crippen molar-refractivity contribution in [2.45, 2.75) is 16.7 Å². The molecule has 0 radical (unpaired) electrons. The van der Waals surface area contributed by atoms with Crippen LogP contribution in [0.4, 0.5) is 26.3 Å². The molecule has 4 nitrogen and oxygen atoms in total. The second kappa shape index (κ2) is 6.53. The van der Waals surface area contributed by atoms with E-state index in [2.05, 4.69) is 5.10 Å². The van der Waals surface area contributed by atoms with Crippen LogP contribution >= 0.6 is 23.2 Å². The Hall–Kier alpha value is -1.98. The Morgan fingerprint density at radius 1 is 0.929 bits per heavy atom. The minimum absolute atomic E-state index is 0.145. The van der Waals surface area contributed by atoms with Gasteiger partial charge < -0.3 is 0 Å². The van der Waals surface area contributed by atoms with Crippen molar-refractivity contribution < 1.29 is 34.8 Å². The molecule has 0 amide bonds. The number of benzene rings is 2. The highest BCUT2D eigenvalue weighted by Gasteiger charge is 2.49. The molecule has 3 aromatic rings. The number of hydrogen-bond donors (Lipinski definition) is 0. The average Bonchev–Trinajstić information content (AvgIpc) is 2.92. The predicted molar refractivity (Wildman–Crippen MR) is 89.3 cm³/mol. The number of sulfone groups is 1. The van der Waals surface area contributed by atoms with Crippen molar-refractivity contribution in [2.24, 2.45) is 0 Å². The number of para-hydroxylation sites is 1. The molecule has 150 valence electrons. The van der Waals surface area contributed by atoms with Crippen LogP contribution in [0.2, 0.25) is 10.0 Å². The Kier molecular flexibility index (Phi) is 4.84. The lowest BCUT2D eigenvalue weighted by Gasteiger charge is -2.13. The van der Waals surface area contributed by atoms with E-state index in [4.69, 9.17) is 23.2 Å². The maximum atomic E-state index is 13.0. The molecule has 0 N–H and O–H groups in total. The van der Waals surface area contributed by atoms with Crippen LogP contribution in [0.5, 0.6) is 0 Å². The molecule has 0 atom stereocenters. The molecule has 13 heteroatoms. The lowest BCUT2D eigenvalue weighted by Crippen LogP contribution is -2.24. The van der Waals surface area contributed by atoms with Crippen molar-refractivity contribution in [1.29, 1.82) is 0 Å². The van der Waals surface area contributed by atoms with Crippen molar-refractivity contribution in [1.82, 2.24) is 9.78 Å². The third kappa shape index (κ3) is 3.31. The molecule has 2 aromatic carbocycles. The average molecular weight is 463 g/mol. The Bertz CT molecular complexity index is 1160. The first-order chi connectivity index (χ1) is 12.7. The van der Waals surface area contributed by atoms with Crippen molar-refractivity contribution in [2.75, 3.05) is 0 Å². The molecule has 0 fully saturated rings. The summed E-state index contributed by atoms with van der Waals surface area (Å²) in [7, 11) is -5.85. The minimum atomic E-state index is -5.85. The molecule has 0 aliphatic rings. The number of hydrogen-bond acceptors (Lipinski definition) is 3. The van der Waals surface area contributed by atoms with Crippen molar-refractivity contribution in [3.8, 4) is 5.69 Å². The number of rotatable bonds is 2. The second-order valence-electron chi connectivity index (χ2n) is 5.47. The molecular weight excluding hydrogens is 457 g/mol. The number of fused-ring (bicyclic) bond motifs is 1. The summed E-state index contributed by atoms with van der Waals surface area (Å²) in [5, 5.41) is 0.597. The van der Waals surface area contributed by atoms with Crippen LogP contribution in [0, 0.1) is 0 Å². The molecular formula is C15H6Cl2F6N2O2S. The van der Waals surface area contributed by atoms with Gasteiger partial charge >= 0.3 is 11.7 Å². The molecule has 1 heterocycles. The first kappa shape index (κ1) is 20.7. The zero-order chi connectivity index (χ0) is 21.1. The van der Waals surface area contributed by atoms with Gasteiger partial charge in [-0.2, -0.15) is 31.4 Å². The molecule has 0 unspecified atom stereocenters. The van der Waals surface area contributed by atoms with Gasteiger partial charge in [0, 0.05) is 5.39 Å². The summed E-state index contributed by atoms with van der Waals surface area (Å²) in [5.41, 5.74) is -7.36. The van der Waals surface area contributed by atoms with Crippen LogP contribution in [-0.4, -0.2) is 23.7 Å². The SMILES string of the molecule is O=S(=O)(c1nn(-c2c(Cl)cc(C(F)(F)F)cc2Cl)c2ccccc12)C(F)(F)F. The van der Waals surface area contributed by atoms with Crippen LogP contribution in [0.1, 0.15) is 5.56 Å². The summed E-state index contributed by atoms with van der Waals surface area (Å²) in [4.78, 5) is 0. The minimum Gasteiger partial charge on any atom is -0.229 e. The zero-order valence-electron chi connectivity index (χ0n) is 13.1. The van der Waals surface area contributed by atoms with Crippen molar-refractivity contribution >= 4 is 43.9 Å². The topological polar surface area (TPSA) is 52.0 Å². The fourth-order valence-corrected chi connectivity index (χ4v) is 3.97. The summed E-state index contributed by atoms with van der Waals surface area (Å²) < 4.78 is 102. The monoisotopic (exact) mass is 462 g/mol. The Morgan fingerprint density at radius 2 is 1.46 bits per heavy atom. The Morgan fingerprint density at radius 3 is 1.96 bits per heavy atom. The van der Waals surface area contributed by atoms with Gasteiger partial charge in [-0.1, -0.05) is 35.3 Å². The molecule has 0 saturated carbocycles. The third-order valence-corrected chi connectivity index (χ3v) is 5.67. The van der Waals surface area contributed by atoms with E-state index in [1.54, 1.807) is 0 Å². The van der Waals surface area contributed by atoms with E-state index in [-0.39, 0.29) is 5.52 Å². The lowest BCUT2D eigenvalue weighted by molar-refractivity contribution is -0.137. The Balaban J connectivity index is 2.36. The van der Waals surface area contributed by atoms with Crippen LogP contribution in [0.15, 0.2) is 41.4 Å². The first-order valence-corrected chi connectivity index (χ1v) is 9.35. The highest BCUT2D eigenvalue weighted by Crippen LogP contribution is 2.40. The molecule has 0 aliphatic heterocycles. The normalized spacial score (nSPS) is 13.3. The van der Waals surface area contributed by atoms with Crippen LogP contribution < -0.4 is 0 Å². The summed E-state index contributed by atoms with van der Waals surface area (Å²) in [6.07, 6.45) is -4.78. The van der Waals surface area contributed by atoms with Gasteiger partial charge in [0.2, 0.25) is 0 Å². The van der Waals surface area contributed by atoms with Crippen LogP contribution in [0.3, 0.4) is 0 Å². The van der Waals surface area contributed by atoms with E-state index in [1.807, 2.05) is 0 Å². The summed E-state index contributed by atoms with van der Waals surface area (Å²) in [6, 6.07) is 5.97. The van der Waals surface area contributed by atoms with Crippen LogP contribution in [0.25, 0.3) is 16.6 Å². The third-order valence-electron chi connectivity index (χ3n) is 3.67. The maximum Gasteiger partial charge on any atom is 0.503 e. The van der Waals surface area contributed by atoms with Gasteiger partial charge in [0.15, 0.2) is 5.03 Å². The van der Waals surface area contributed by atoms with Gasteiger partial charge in [0.05, 0.1) is 21.1 Å². The fourth-order valence-electron chi connectivity index (χ4n) is 2.45. The molecule has 28 heavy (non-hydrogen) atoms. The molecule has 3 rings (SSSR count). The standard InChI is InChI=1S/C15H6Cl2F6N2O2S/c16-9-5-7(14(18,19)20)6-10(17)12(9)25-11-4-2-1-3-8(11)13(24-25)28(26,27)15(21,22)23/h1-6H. The first-order valence-electron chi connectivity index (χ1n) is 7.11. The molecule has 1 aromatic heterocycles. The van der Waals surface area contributed by atoms with Gasteiger partial charge in [-0.05, 0) is 24.3 Å². The van der Waals surface area contributed by atoms with E-state index in [0.29, 0.717) is 16.8 Å². The highest BCUT2D eigenvalue weighted by atomic mass is 35.5. The van der Waals surface area contributed by atoms with E-state index in [0.717, 1.165) is 6.07 Å². The number of halogens is 8. The van der Waals surface area contributed by atoms with Gasteiger partial charge in [-0.15, -0.1) is 0 Å². The summed E-state index contributed by atoms with van der Waals surface area (Å²) >= 11 is 11.7. The van der Waals surface area contributed by atoms with Gasteiger partial charge in [0.25, 0.3) is 9.84 Å². The molecule has 0 aliphatic carbocycles. The quantitative estimate of drug-likeness (QED) is 0.462. The van der Waals surface area contributed by atoms with Gasteiger partial charge in [-0.25, -0.2) is 13.1 Å². The van der Waals surface area contributed by atoms with Gasteiger partial charge in [-0.3, -0.25) is 0 Å². The number of aromatic nitrogens is 2. The van der Waals surface area contributed by atoms with Crippen molar-refractivity contribution in [3.05, 3.63) is 52.0 Å². The highest BCUT2D eigenvalue weighted by molar-refractivity contribution is 7.92. The molecule has 0 spiro atoms. The fraction of sp³-hybridized carbons (Fsp3) is 0.133. The smallest absolute Gasteiger partial charge is 0.229 e. The lowest BCUT2D eigenvalue weighted by atomic mass is 10.2. The largest absolute Gasteiger partial charge is 0.503 e. The molecule has 0 saturated heterocycles. The van der Waals surface area contributed by atoms with E-state index in [1.165, 1.54) is 18.2 Å². The predicted octanol–water partition coefficient (Wildman–Crippen LogP) is 5.64. The molecule has 0 bridgehead atoms. The van der Waals surface area contributed by atoms with Gasteiger partial charge in [0.1, 0.15) is 5.69 Å². The van der Waals surface area contributed by atoms with E-state index >= 15 is 0 Å². The number of alkyl halides is 6. The maximum absolute atomic E-state index is 13.0. The van der Waals surface area contributed by atoms with Crippen LogP contribution in [-0.2, 0) is 16.0 Å². The zero-order valence-corrected chi connectivity index (χ0v) is 15.4.